The lowest BCUT2D eigenvalue weighted by Gasteiger charge is -2.24. The minimum atomic E-state index is -0.0491. The number of hydrogen-bond donors (Lipinski definition) is 1. The van der Waals surface area contributed by atoms with E-state index in [2.05, 4.69) is 23.2 Å². The molecule has 1 N–H and O–H groups in total. The Morgan fingerprint density at radius 1 is 1.21 bits per heavy atom. The van der Waals surface area contributed by atoms with Crippen molar-refractivity contribution in [3.63, 3.8) is 0 Å². The van der Waals surface area contributed by atoms with Crippen molar-refractivity contribution in [1.82, 2.24) is 10.2 Å². The highest BCUT2D eigenvalue weighted by molar-refractivity contribution is 5.24. The van der Waals surface area contributed by atoms with E-state index >= 15 is 0 Å². The molecule has 0 aromatic heterocycles. The van der Waals surface area contributed by atoms with Crippen molar-refractivity contribution in [1.29, 1.82) is 5.26 Å². The fourth-order valence-corrected chi connectivity index (χ4v) is 2.67. The van der Waals surface area contributed by atoms with Gasteiger partial charge in [0.1, 0.15) is 0 Å². The van der Waals surface area contributed by atoms with Crippen molar-refractivity contribution in [3.05, 3.63) is 35.9 Å². The van der Waals surface area contributed by atoms with Gasteiger partial charge in [0.15, 0.2) is 0 Å². The highest BCUT2D eigenvalue weighted by Crippen LogP contribution is 2.14. The number of nitrogens with zero attached hydrogens (tertiary/aromatic N) is 2. The van der Waals surface area contributed by atoms with Gasteiger partial charge in [0, 0.05) is 19.1 Å². The molecule has 2 unspecified atom stereocenters. The van der Waals surface area contributed by atoms with Crippen LogP contribution in [0.1, 0.15) is 31.2 Å². The summed E-state index contributed by atoms with van der Waals surface area (Å²) in [5, 5.41) is 12.7. The van der Waals surface area contributed by atoms with Gasteiger partial charge in [0.25, 0.3) is 0 Å². The maximum atomic E-state index is 9.26. The van der Waals surface area contributed by atoms with Crippen molar-refractivity contribution in [2.75, 3.05) is 26.2 Å². The average molecular weight is 257 g/mol. The monoisotopic (exact) mass is 257 g/mol. The fourth-order valence-electron chi connectivity index (χ4n) is 2.67. The molecule has 1 aromatic carbocycles. The first kappa shape index (κ1) is 14.0. The molecule has 2 rings (SSSR count). The summed E-state index contributed by atoms with van der Waals surface area (Å²) in [7, 11) is 0. The van der Waals surface area contributed by atoms with Crippen molar-refractivity contribution in [2.24, 2.45) is 0 Å². The lowest BCUT2D eigenvalue weighted by molar-refractivity contribution is 0.252. The van der Waals surface area contributed by atoms with Crippen LogP contribution in [0.4, 0.5) is 0 Å². The Balaban J connectivity index is 1.76. The van der Waals surface area contributed by atoms with E-state index in [1.165, 1.54) is 25.9 Å². The Morgan fingerprint density at radius 3 is 2.53 bits per heavy atom. The number of benzene rings is 1. The van der Waals surface area contributed by atoms with Crippen LogP contribution in [0.5, 0.6) is 0 Å². The number of nitrogens with one attached hydrogen (secondary N) is 1. The van der Waals surface area contributed by atoms with Crippen LogP contribution < -0.4 is 5.32 Å². The Hall–Kier alpha value is -1.37. The zero-order valence-electron chi connectivity index (χ0n) is 11.7. The van der Waals surface area contributed by atoms with Gasteiger partial charge >= 0.3 is 0 Å². The van der Waals surface area contributed by atoms with Crippen LogP contribution in [0.25, 0.3) is 0 Å². The quantitative estimate of drug-likeness (QED) is 0.850. The van der Waals surface area contributed by atoms with Crippen molar-refractivity contribution in [2.45, 2.75) is 31.7 Å². The van der Waals surface area contributed by atoms with Crippen LogP contribution in [-0.2, 0) is 0 Å². The lowest BCUT2D eigenvalue weighted by Crippen LogP contribution is -2.39. The van der Waals surface area contributed by atoms with Crippen LogP contribution in [0.3, 0.4) is 0 Å². The summed E-state index contributed by atoms with van der Waals surface area (Å²) in [6.45, 7) is 6.42. The molecule has 3 nitrogen and oxygen atoms in total. The van der Waals surface area contributed by atoms with E-state index < -0.39 is 0 Å². The Bertz CT molecular complexity index is 404. The van der Waals surface area contributed by atoms with E-state index in [0.29, 0.717) is 6.04 Å². The normalized spacial score (nSPS) is 18.9. The van der Waals surface area contributed by atoms with Crippen molar-refractivity contribution >= 4 is 0 Å². The van der Waals surface area contributed by atoms with Gasteiger partial charge in [-0.2, -0.15) is 5.26 Å². The Morgan fingerprint density at radius 2 is 1.89 bits per heavy atom. The smallest absolute Gasteiger partial charge is 0.0837 e. The fraction of sp³-hybridized carbons (Fsp3) is 0.562. The number of hydrogen-bond acceptors (Lipinski definition) is 3. The summed E-state index contributed by atoms with van der Waals surface area (Å²) in [4.78, 5) is 2.52. The standard InChI is InChI=1S/C16H23N3/c1-14(19-9-5-6-10-19)12-18-13-16(11-17)15-7-3-2-4-8-15/h2-4,7-8,14,16,18H,5-6,9-10,12-13H2,1H3. The third kappa shape index (κ3) is 4.05. The first-order chi connectivity index (χ1) is 9.31. The van der Waals surface area contributed by atoms with Crippen LogP contribution in [0.15, 0.2) is 30.3 Å². The molecule has 1 aromatic rings. The van der Waals surface area contributed by atoms with Gasteiger partial charge in [0.05, 0.1) is 12.0 Å². The molecule has 1 aliphatic rings. The maximum absolute atomic E-state index is 9.26. The number of likely N-dealkylation sites (tertiary alicyclic amines) is 1. The summed E-state index contributed by atoms with van der Waals surface area (Å²) in [6, 6.07) is 13.0. The molecular formula is C16H23N3. The van der Waals surface area contributed by atoms with E-state index in [4.69, 9.17) is 0 Å². The maximum Gasteiger partial charge on any atom is 0.0837 e. The largest absolute Gasteiger partial charge is 0.314 e. The summed E-state index contributed by atoms with van der Waals surface area (Å²) in [5.41, 5.74) is 1.10. The predicted octanol–water partition coefficient (Wildman–Crippen LogP) is 2.37. The van der Waals surface area contributed by atoms with E-state index in [9.17, 15) is 5.26 Å². The first-order valence-corrected chi connectivity index (χ1v) is 7.20. The minimum absolute atomic E-state index is 0.0491. The summed E-state index contributed by atoms with van der Waals surface area (Å²) >= 11 is 0. The molecule has 19 heavy (non-hydrogen) atoms. The van der Waals surface area contributed by atoms with Crippen LogP contribution in [0, 0.1) is 11.3 Å². The van der Waals surface area contributed by atoms with Crippen LogP contribution in [0.2, 0.25) is 0 Å². The summed E-state index contributed by atoms with van der Waals surface area (Å²) in [5.74, 6) is -0.0491. The van der Waals surface area contributed by atoms with Gasteiger partial charge in [-0.1, -0.05) is 30.3 Å². The zero-order valence-corrected chi connectivity index (χ0v) is 11.7. The topological polar surface area (TPSA) is 39.1 Å². The molecule has 0 saturated carbocycles. The zero-order chi connectivity index (χ0) is 13.5. The van der Waals surface area contributed by atoms with E-state index in [1.807, 2.05) is 30.3 Å². The molecule has 2 atom stereocenters. The molecular weight excluding hydrogens is 234 g/mol. The van der Waals surface area contributed by atoms with Crippen LogP contribution >= 0.6 is 0 Å². The predicted molar refractivity (Wildman–Crippen MR) is 77.9 cm³/mol. The number of nitriles is 1. The molecule has 1 fully saturated rings. The van der Waals surface area contributed by atoms with Gasteiger partial charge in [-0.15, -0.1) is 0 Å². The minimum Gasteiger partial charge on any atom is -0.314 e. The SMILES string of the molecule is CC(CNCC(C#N)c1ccccc1)N1CCCC1. The molecule has 1 saturated heterocycles. The van der Waals surface area contributed by atoms with E-state index in [-0.39, 0.29) is 5.92 Å². The third-order valence-corrected chi connectivity index (χ3v) is 3.91. The van der Waals surface area contributed by atoms with Gasteiger partial charge in [0.2, 0.25) is 0 Å². The Labute approximate surface area is 116 Å². The summed E-state index contributed by atoms with van der Waals surface area (Å²) in [6.07, 6.45) is 2.66. The Kier molecular flexibility index (Phi) is 5.38. The molecule has 0 radical (unpaired) electrons. The van der Waals surface area contributed by atoms with E-state index in [1.54, 1.807) is 0 Å². The molecule has 1 aliphatic heterocycles. The van der Waals surface area contributed by atoms with Crippen molar-refractivity contribution < 1.29 is 0 Å². The van der Waals surface area contributed by atoms with Crippen molar-refractivity contribution in [3.8, 4) is 6.07 Å². The second kappa shape index (κ2) is 7.28. The van der Waals surface area contributed by atoms with Gasteiger partial charge in [-0.25, -0.2) is 0 Å². The molecule has 1 heterocycles. The first-order valence-electron chi connectivity index (χ1n) is 7.20. The average Bonchev–Trinajstić information content (AvgIpc) is 2.98. The lowest BCUT2D eigenvalue weighted by atomic mass is 10.0. The summed E-state index contributed by atoms with van der Waals surface area (Å²) < 4.78 is 0. The molecule has 0 bridgehead atoms. The van der Waals surface area contributed by atoms with Gasteiger partial charge in [-0.3, -0.25) is 4.90 Å². The molecule has 0 aliphatic carbocycles. The second-order valence-corrected chi connectivity index (χ2v) is 5.34. The molecule has 3 heteroatoms. The molecule has 0 spiro atoms. The van der Waals surface area contributed by atoms with Gasteiger partial charge < -0.3 is 5.32 Å². The van der Waals surface area contributed by atoms with Gasteiger partial charge in [-0.05, 0) is 38.4 Å². The molecule has 0 amide bonds. The third-order valence-electron chi connectivity index (χ3n) is 3.91. The second-order valence-electron chi connectivity index (χ2n) is 5.34. The molecule has 102 valence electrons. The van der Waals surface area contributed by atoms with E-state index in [0.717, 1.165) is 18.7 Å². The highest BCUT2D eigenvalue weighted by atomic mass is 15.2. The number of rotatable bonds is 6. The van der Waals surface area contributed by atoms with Crippen LogP contribution in [-0.4, -0.2) is 37.1 Å². The highest BCUT2D eigenvalue weighted by Gasteiger charge is 2.18.